The fraction of sp³-hybridized carbons (Fsp3) is 0.647. The molecule has 0 aliphatic heterocycles. The predicted molar refractivity (Wildman–Crippen MR) is 82.6 cm³/mol. The first-order chi connectivity index (χ1) is 9.21. The summed E-state index contributed by atoms with van der Waals surface area (Å²) >= 11 is 0. The highest BCUT2D eigenvalue weighted by Gasteiger charge is 2.12. The Balaban J connectivity index is 2.57. The maximum absolute atomic E-state index is 5.28. The number of rotatable bonds is 9. The first-order valence-electron chi connectivity index (χ1n) is 7.55. The summed E-state index contributed by atoms with van der Waals surface area (Å²) in [6, 6.07) is 9.82. The Labute approximate surface area is 118 Å². The van der Waals surface area contributed by atoms with Crippen LogP contribution in [0.25, 0.3) is 0 Å². The molecule has 1 aromatic carbocycles. The van der Waals surface area contributed by atoms with Gasteiger partial charge in [0.15, 0.2) is 0 Å². The Hall–Kier alpha value is -0.860. The topological polar surface area (TPSA) is 21.3 Å². The highest BCUT2D eigenvalue weighted by atomic mass is 16.5. The van der Waals surface area contributed by atoms with Crippen LogP contribution in [0.4, 0.5) is 0 Å². The van der Waals surface area contributed by atoms with Gasteiger partial charge in [-0.1, -0.05) is 51.0 Å². The number of ether oxygens (including phenoxy) is 1. The minimum atomic E-state index is 0.377. The van der Waals surface area contributed by atoms with E-state index in [4.69, 9.17) is 4.74 Å². The van der Waals surface area contributed by atoms with Crippen molar-refractivity contribution in [1.82, 2.24) is 5.32 Å². The second-order valence-electron chi connectivity index (χ2n) is 5.32. The Kier molecular flexibility index (Phi) is 7.76. The molecule has 0 radical (unpaired) electrons. The molecule has 1 rings (SSSR count). The minimum absolute atomic E-state index is 0.377. The highest BCUT2D eigenvalue weighted by Crippen LogP contribution is 2.16. The van der Waals surface area contributed by atoms with E-state index in [0.29, 0.717) is 12.1 Å². The van der Waals surface area contributed by atoms with Gasteiger partial charge in [0.25, 0.3) is 0 Å². The van der Waals surface area contributed by atoms with Crippen molar-refractivity contribution in [3.63, 3.8) is 0 Å². The molecule has 1 N–H and O–H groups in total. The van der Waals surface area contributed by atoms with E-state index in [1.807, 2.05) is 0 Å². The summed E-state index contributed by atoms with van der Waals surface area (Å²) < 4.78 is 5.28. The van der Waals surface area contributed by atoms with Gasteiger partial charge < -0.3 is 10.1 Å². The third-order valence-corrected chi connectivity index (χ3v) is 3.51. The van der Waals surface area contributed by atoms with E-state index in [-0.39, 0.29) is 0 Å². The lowest BCUT2D eigenvalue weighted by Gasteiger charge is -2.23. The highest BCUT2D eigenvalue weighted by molar-refractivity contribution is 5.24. The average Bonchev–Trinajstić information content (AvgIpc) is 2.40. The van der Waals surface area contributed by atoms with Crippen molar-refractivity contribution in [2.45, 2.75) is 58.5 Å². The van der Waals surface area contributed by atoms with Gasteiger partial charge in [0.05, 0.1) is 6.61 Å². The standard InChI is InChI=1S/C17H29NO/c1-5-7-15-9-11-16(12-10-15)14(3)18-17(8-6-2)13-19-4/h9-12,14,17-18H,5-8,13H2,1-4H3. The monoisotopic (exact) mass is 263 g/mol. The Morgan fingerprint density at radius 3 is 2.32 bits per heavy atom. The van der Waals surface area contributed by atoms with E-state index in [1.165, 1.54) is 30.4 Å². The van der Waals surface area contributed by atoms with Gasteiger partial charge in [-0.05, 0) is 30.9 Å². The van der Waals surface area contributed by atoms with Gasteiger partial charge in [0, 0.05) is 19.2 Å². The fourth-order valence-corrected chi connectivity index (χ4v) is 2.48. The number of hydrogen-bond acceptors (Lipinski definition) is 2. The van der Waals surface area contributed by atoms with Gasteiger partial charge in [-0.15, -0.1) is 0 Å². The van der Waals surface area contributed by atoms with Gasteiger partial charge in [-0.25, -0.2) is 0 Å². The van der Waals surface area contributed by atoms with Gasteiger partial charge >= 0.3 is 0 Å². The third-order valence-electron chi connectivity index (χ3n) is 3.51. The second kappa shape index (κ2) is 9.11. The molecule has 2 unspecified atom stereocenters. The lowest BCUT2D eigenvalue weighted by atomic mass is 10.0. The van der Waals surface area contributed by atoms with Gasteiger partial charge in [0.1, 0.15) is 0 Å². The van der Waals surface area contributed by atoms with Crippen molar-refractivity contribution >= 4 is 0 Å². The van der Waals surface area contributed by atoms with Crippen LogP contribution in [0, 0.1) is 0 Å². The van der Waals surface area contributed by atoms with E-state index in [2.05, 4.69) is 50.4 Å². The number of benzene rings is 1. The van der Waals surface area contributed by atoms with Crippen LogP contribution in [0.1, 0.15) is 57.2 Å². The van der Waals surface area contributed by atoms with E-state index in [9.17, 15) is 0 Å². The molecule has 108 valence electrons. The molecule has 2 atom stereocenters. The zero-order valence-corrected chi connectivity index (χ0v) is 12.9. The molecular weight excluding hydrogens is 234 g/mol. The molecule has 0 spiro atoms. The molecule has 2 nitrogen and oxygen atoms in total. The summed E-state index contributed by atoms with van der Waals surface area (Å²) in [6.07, 6.45) is 4.72. The van der Waals surface area contributed by atoms with Crippen LogP contribution < -0.4 is 5.32 Å². The fourth-order valence-electron chi connectivity index (χ4n) is 2.48. The molecule has 0 saturated carbocycles. The molecule has 19 heavy (non-hydrogen) atoms. The molecule has 0 saturated heterocycles. The van der Waals surface area contributed by atoms with Gasteiger partial charge in [0.2, 0.25) is 0 Å². The molecule has 2 heteroatoms. The van der Waals surface area contributed by atoms with Crippen LogP contribution in [0.5, 0.6) is 0 Å². The predicted octanol–water partition coefficient (Wildman–Crippen LogP) is 4.10. The summed E-state index contributed by atoms with van der Waals surface area (Å²) in [7, 11) is 1.77. The normalized spacial score (nSPS) is 14.3. The van der Waals surface area contributed by atoms with Crippen molar-refractivity contribution in [3.05, 3.63) is 35.4 Å². The zero-order chi connectivity index (χ0) is 14.1. The van der Waals surface area contributed by atoms with E-state index in [1.54, 1.807) is 7.11 Å². The molecule has 0 fully saturated rings. The summed E-state index contributed by atoms with van der Waals surface area (Å²) in [5.41, 5.74) is 2.79. The van der Waals surface area contributed by atoms with Crippen molar-refractivity contribution < 1.29 is 4.74 Å². The third kappa shape index (κ3) is 5.75. The molecule has 0 aliphatic rings. The van der Waals surface area contributed by atoms with Crippen molar-refractivity contribution in [3.8, 4) is 0 Å². The van der Waals surface area contributed by atoms with Crippen LogP contribution in [0.2, 0.25) is 0 Å². The maximum Gasteiger partial charge on any atom is 0.0616 e. The Morgan fingerprint density at radius 1 is 1.11 bits per heavy atom. The quantitative estimate of drug-likeness (QED) is 0.724. The molecule has 0 bridgehead atoms. The number of hydrogen-bond donors (Lipinski definition) is 1. The van der Waals surface area contributed by atoms with Crippen molar-refractivity contribution in [2.75, 3.05) is 13.7 Å². The Bertz CT molecular complexity index is 328. The SMILES string of the molecule is CCCc1ccc(C(C)NC(CCC)COC)cc1. The van der Waals surface area contributed by atoms with E-state index < -0.39 is 0 Å². The first kappa shape index (κ1) is 16.2. The van der Waals surface area contributed by atoms with Crippen LogP contribution >= 0.6 is 0 Å². The lowest BCUT2D eigenvalue weighted by molar-refractivity contribution is 0.157. The van der Waals surface area contributed by atoms with Gasteiger partial charge in [-0.3, -0.25) is 0 Å². The van der Waals surface area contributed by atoms with Crippen LogP contribution in [-0.4, -0.2) is 19.8 Å². The Morgan fingerprint density at radius 2 is 1.79 bits per heavy atom. The lowest BCUT2D eigenvalue weighted by Crippen LogP contribution is -2.35. The zero-order valence-electron chi connectivity index (χ0n) is 12.9. The molecule has 0 aliphatic carbocycles. The largest absolute Gasteiger partial charge is 0.383 e. The molecule has 1 aromatic rings. The molecule has 0 amide bonds. The van der Waals surface area contributed by atoms with Gasteiger partial charge in [-0.2, -0.15) is 0 Å². The summed E-state index contributed by atoms with van der Waals surface area (Å²) in [4.78, 5) is 0. The van der Waals surface area contributed by atoms with E-state index >= 15 is 0 Å². The molecular formula is C17H29NO. The average molecular weight is 263 g/mol. The number of nitrogens with one attached hydrogen (secondary N) is 1. The first-order valence-corrected chi connectivity index (χ1v) is 7.55. The maximum atomic E-state index is 5.28. The van der Waals surface area contributed by atoms with Crippen molar-refractivity contribution in [2.24, 2.45) is 0 Å². The molecule has 0 aromatic heterocycles. The van der Waals surface area contributed by atoms with Crippen LogP contribution in [-0.2, 0) is 11.2 Å². The number of aryl methyl sites for hydroxylation is 1. The minimum Gasteiger partial charge on any atom is -0.383 e. The van der Waals surface area contributed by atoms with Crippen molar-refractivity contribution in [1.29, 1.82) is 0 Å². The second-order valence-corrected chi connectivity index (χ2v) is 5.32. The van der Waals surface area contributed by atoms with E-state index in [0.717, 1.165) is 13.0 Å². The smallest absolute Gasteiger partial charge is 0.0616 e. The summed E-state index contributed by atoms with van der Waals surface area (Å²) in [5, 5.41) is 3.66. The van der Waals surface area contributed by atoms with Crippen LogP contribution in [0.15, 0.2) is 24.3 Å². The summed E-state index contributed by atoms with van der Waals surface area (Å²) in [5.74, 6) is 0. The number of methoxy groups -OCH3 is 1. The van der Waals surface area contributed by atoms with Crippen LogP contribution in [0.3, 0.4) is 0 Å². The summed E-state index contributed by atoms with van der Waals surface area (Å²) in [6.45, 7) is 7.45. The molecule has 0 heterocycles.